The maximum Gasteiger partial charge on any atom is 0.328 e. The van der Waals surface area contributed by atoms with Crippen LogP contribution >= 0.6 is 0 Å². The van der Waals surface area contributed by atoms with Gasteiger partial charge in [0, 0.05) is 6.42 Å². The maximum absolute atomic E-state index is 12.5. The van der Waals surface area contributed by atoms with E-state index in [1.807, 2.05) is 5.32 Å². The van der Waals surface area contributed by atoms with Crippen LogP contribution in [0.4, 0.5) is 0 Å². The first-order valence-electron chi connectivity index (χ1n) is 8.98. The molecule has 0 heterocycles. The van der Waals surface area contributed by atoms with Crippen LogP contribution in [0.2, 0.25) is 0 Å². The molecule has 5 unspecified atom stereocenters. The number of primary amides is 1. The quantitative estimate of drug-likeness (QED) is 0.121. The van der Waals surface area contributed by atoms with Gasteiger partial charge in [-0.3, -0.25) is 24.0 Å². The van der Waals surface area contributed by atoms with Gasteiger partial charge in [-0.2, -0.15) is 0 Å². The van der Waals surface area contributed by atoms with E-state index in [1.165, 1.54) is 6.92 Å². The zero-order valence-electron chi connectivity index (χ0n) is 16.6. The number of aliphatic carboxylic acids is 2. The van der Waals surface area contributed by atoms with Gasteiger partial charge in [-0.1, -0.05) is 0 Å². The molecule has 0 rings (SSSR count). The fourth-order valence-electron chi connectivity index (χ4n) is 2.16. The van der Waals surface area contributed by atoms with Crippen molar-refractivity contribution in [2.45, 2.75) is 56.5 Å². The lowest BCUT2D eigenvalue weighted by Crippen LogP contribution is -2.59. The number of carboxylic acid groups (broad SMARTS) is 2. The van der Waals surface area contributed by atoms with E-state index in [-0.39, 0.29) is 0 Å². The summed E-state index contributed by atoms with van der Waals surface area (Å²) in [4.78, 5) is 69.9. The molecule has 0 aliphatic rings. The van der Waals surface area contributed by atoms with E-state index >= 15 is 0 Å². The van der Waals surface area contributed by atoms with Crippen LogP contribution in [0.1, 0.15) is 26.2 Å². The second kappa shape index (κ2) is 13.1. The summed E-state index contributed by atoms with van der Waals surface area (Å²) in [6.07, 6.45) is -3.05. The number of carbonyl (C=O) groups is 6. The minimum atomic E-state index is -1.73. The smallest absolute Gasteiger partial charge is 0.328 e. The minimum Gasteiger partial charge on any atom is -0.481 e. The van der Waals surface area contributed by atoms with E-state index in [1.54, 1.807) is 0 Å². The highest BCUT2D eigenvalue weighted by Gasteiger charge is 2.31. The van der Waals surface area contributed by atoms with Gasteiger partial charge in [0.25, 0.3) is 0 Å². The lowest BCUT2D eigenvalue weighted by atomic mass is 10.1. The van der Waals surface area contributed by atoms with Crippen LogP contribution in [-0.2, 0) is 28.8 Å². The van der Waals surface area contributed by atoms with Gasteiger partial charge in [0.2, 0.25) is 23.6 Å². The number of nitrogens with one attached hydrogen (secondary N) is 3. The van der Waals surface area contributed by atoms with Gasteiger partial charge < -0.3 is 47.8 Å². The monoisotopic (exact) mass is 449 g/mol. The molecule has 0 aliphatic heterocycles. The summed E-state index contributed by atoms with van der Waals surface area (Å²) >= 11 is 0. The summed E-state index contributed by atoms with van der Waals surface area (Å²) in [6.45, 7) is 0.233. The Labute approximate surface area is 176 Å². The standard InChI is InChI=1S/C16H27N5O10/c1-6(23)12(18)15(29)19-7(2-3-11(25)26)13(27)20-8(4-10(17)24)14(28)21-9(5-22)16(30)31/h6-9,12,22-23H,2-5,18H2,1H3,(H2,17,24)(H,19,29)(H,20,27)(H,21,28)(H,25,26)(H,30,31). The van der Waals surface area contributed by atoms with Gasteiger partial charge in [-0.25, -0.2) is 4.79 Å². The summed E-state index contributed by atoms with van der Waals surface area (Å²) < 4.78 is 0. The molecule has 0 saturated heterocycles. The van der Waals surface area contributed by atoms with Crippen molar-refractivity contribution < 1.29 is 49.2 Å². The molecule has 0 aliphatic carbocycles. The lowest BCUT2D eigenvalue weighted by Gasteiger charge is -2.24. The zero-order valence-corrected chi connectivity index (χ0v) is 16.6. The summed E-state index contributed by atoms with van der Waals surface area (Å²) in [5.74, 6) is -7.17. The predicted octanol–water partition coefficient (Wildman–Crippen LogP) is -5.03. The second-order valence-corrected chi connectivity index (χ2v) is 6.57. The van der Waals surface area contributed by atoms with Gasteiger partial charge in [-0.05, 0) is 13.3 Å². The molecular formula is C16H27N5O10. The van der Waals surface area contributed by atoms with Crippen LogP contribution in [-0.4, -0.2) is 92.9 Å². The molecule has 0 fully saturated rings. The third kappa shape index (κ3) is 10.3. The van der Waals surface area contributed by atoms with Crippen molar-refractivity contribution in [3.8, 4) is 0 Å². The van der Waals surface area contributed by atoms with Gasteiger partial charge in [0.15, 0.2) is 0 Å². The largest absolute Gasteiger partial charge is 0.481 e. The number of nitrogens with two attached hydrogens (primary N) is 2. The number of hydrogen-bond acceptors (Lipinski definition) is 9. The Balaban J connectivity index is 5.51. The Morgan fingerprint density at radius 3 is 1.77 bits per heavy atom. The van der Waals surface area contributed by atoms with E-state index in [2.05, 4.69) is 10.6 Å². The molecule has 0 radical (unpaired) electrons. The van der Waals surface area contributed by atoms with Crippen LogP contribution in [0.3, 0.4) is 0 Å². The van der Waals surface area contributed by atoms with Crippen molar-refractivity contribution in [3.05, 3.63) is 0 Å². The zero-order chi connectivity index (χ0) is 24.3. The Morgan fingerprint density at radius 1 is 0.871 bits per heavy atom. The van der Waals surface area contributed by atoms with Crippen LogP contribution < -0.4 is 27.4 Å². The first kappa shape index (κ1) is 27.7. The van der Waals surface area contributed by atoms with E-state index < -0.39 is 91.7 Å². The van der Waals surface area contributed by atoms with Crippen molar-refractivity contribution in [2.24, 2.45) is 11.5 Å². The van der Waals surface area contributed by atoms with E-state index in [0.717, 1.165) is 0 Å². The number of aliphatic hydroxyl groups excluding tert-OH is 2. The fourth-order valence-corrected chi connectivity index (χ4v) is 2.16. The molecule has 11 N–H and O–H groups in total. The molecule has 0 aromatic rings. The van der Waals surface area contributed by atoms with E-state index in [4.69, 9.17) is 26.8 Å². The molecule has 0 saturated carbocycles. The number of rotatable bonds is 14. The number of aliphatic hydroxyl groups is 2. The fraction of sp³-hybridized carbons (Fsp3) is 0.625. The second-order valence-electron chi connectivity index (χ2n) is 6.57. The summed E-state index contributed by atoms with van der Waals surface area (Å²) in [5, 5.41) is 42.2. The molecule has 0 bridgehead atoms. The molecule has 0 spiro atoms. The lowest BCUT2D eigenvalue weighted by molar-refractivity contribution is -0.143. The van der Waals surface area contributed by atoms with Gasteiger partial charge in [0.05, 0.1) is 19.1 Å². The molecule has 15 heteroatoms. The van der Waals surface area contributed by atoms with Crippen LogP contribution in [0.15, 0.2) is 0 Å². The third-order valence-electron chi connectivity index (χ3n) is 3.94. The van der Waals surface area contributed by atoms with Crippen molar-refractivity contribution in [1.29, 1.82) is 0 Å². The third-order valence-corrected chi connectivity index (χ3v) is 3.94. The summed E-state index contributed by atoms with van der Waals surface area (Å²) in [7, 11) is 0. The average molecular weight is 449 g/mol. The Morgan fingerprint density at radius 2 is 1.35 bits per heavy atom. The number of hydrogen-bond donors (Lipinski definition) is 9. The van der Waals surface area contributed by atoms with Gasteiger partial charge in [-0.15, -0.1) is 0 Å². The first-order valence-corrected chi connectivity index (χ1v) is 8.98. The minimum absolute atomic E-state index is 0.432. The van der Waals surface area contributed by atoms with Crippen molar-refractivity contribution in [2.75, 3.05) is 6.61 Å². The Hall–Kier alpha value is -3.30. The van der Waals surface area contributed by atoms with Crippen LogP contribution in [0.5, 0.6) is 0 Å². The highest BCUT2D eigenvalue weighted by molar-refractivity contribution is 5.96. The number of amides is 4. The van der Waals surface area contributed by atoms with Crippen LogP contribution in [0, 0.1) is 0 Å². The van der Waals surface area contributed by atoms with Crippen molar-refractivity contribution in [3.63, 3.8) is 0 Å². The molecule has 31 heavy (non-hydrogen) atoms. The summed E-state index contributed by atoms with van der Waals surface area (Å²) in [5.41, 5.74) is 10.5. The average Bonchev–Trinajstić information content (AvgIpc) is 2.66. The highest BCUT2D eigenvalue weighted by Crippen LogP contribution is 2.03. The normalized spacial score (nSPS) is 15.5. The van der Waals surface area contributed by atoms with Crippen molar-refractivity contribution >= 4 is 35.6 Å². The SMILES string of the molecule is CC(O)C(N)C(=O)NC(CCC(=O)O)C(=O)NC(CC(N)=O)C(=O)NC(CO)C(=O)O. The first-order chi connectivity index (χ1) is 14.3. The van der Waals surface area contributed by atoms with E-state index in [0.29, 0.717) is 0 Å². The topological polar surface area (TPSA) is 271 Å². The molecule has 4 amide bonds. The molecular weight excluding hydrogens is 422 g/mol. The molecule has 5 atom stereocenters. The van der Waals surface area contributed by atoms with Gasteiger partial charge >= 0.3 is 11.9 Å². The Kier molecular flexibility index (Phi) is 11.7. The van der Waals surface area contributed by atoms with Crippen molar-refractivity contribution in [1.82, 2.24) is 16.0 Å². The molecule has 176 valence electrons. The Bertz CT molecular complexity index is 698. The van der Waals surface area contributed by atoms with E-state index in [9.17, 15) is 33.9 Å². The maximum atomic E-state index is 12.5. The number of carboxylic acids is 2. The summed E-state index contributed by atoms with van der Waals surface area (Å²) in [6, 6.07) is -6.38. The molecule has 0 aromatic heterocycles. The number of carbonyl (C=O) groups excluding carboxylic acids is 4. The van der Waals surface area contributed by atoms with Crippen LogP contribution in [0.25, 0.3) is 0 Å². The molecule has 15 nitrogen and oxygen atoms in total. The molecule has 0 aromatic carbocycles. The highest BCUT2D eigenvalue weighted by atomic mass is 16.4. The predicted molar refractivity (Wildman–Crippen MR) is 101 cm³/mol. The van der Waals surface area contributed by atoms with Gasteiger partial charge in [0.1, 0.15) is 24.2 Å².